The van der Waals surface area contributed by atoms with Crippen LogP contribution in [-0.2, 0) is 4.79 Å². The highest BCUT2D eigenvalue weighted by molar-refractivity contribution is 5.79. The van der Waals surface area contributed by atoms with Crippen LogP contribution in [-0.4, -0.2) is 22.9 Å². The lowest BCUT2D eigenvalue weighted by Crippen LogP contribution is -2.54. The third-order valence-electron chi connectivity index (χ3n) is 6.34. The largest absolute Gasteiger partial charge is 0.323 e. The molecule has 17 heavy (non-hydrogen) atoms. The van der Waals surface area contributed by atoms with Crippen LogP contribution < -0.4 is 0 Å². The molecule has 0 N–H and O–H groups in total. The van der Waals surface area contributed by atoms with E-state index in [0.717, 1.165) is 19.4 Å². The summed E-state index contributed by atoms with van der Waals surface area (Å²) in [5, 5.41) is 9.72. The highest BCUT2D eigenvalue weighted by Crippen LogP contribution is 2.75. The molecule has 3 aliphatic rings. The first-order valence-electron chi connectivity index (χ1n) is 6.67. The molecule has 92 valence electrons. The molecule has 3 rings (SSSR count). The van der Waals surface area contributed by atoms with Gasteiger partial charge in [0.05, 0.1) is 6.07 Å². The topological polar surface area (TPSA) is 44.1 Å². The van der Waals surface area contributed by atoms with Gasteiger partial charge >= 0.3 is 0 Å². The van der Waals surface area contributed by atoms with Crippen LogP contribution in [0.3, 0.4) is 0 Å². The summed E-state index contributed by atoms with van der Waals surface area (Å²) in [6, 6.07) is 2.54. The number of likely N-dealkylation sites (tertiary alicyclic amines) is 1. The molecule has 0 spiro atoms. The van der Waals surface area contributed by atoms with Crippen molar-refractivity contribution in [2.45, 2.75) is 52.0 Å². The Balaban J connectivity index is 2.13. The van der Waals surface area contributed by atoms with Gasteiger partial charge in [0.1, 0.15) is 5.54 Å². The van der Waals surface area contributed by atoms with Crippen molar-refractivity contribution in [1.29, 1.82) is 5.26 Å². The fourth-order valence-corrected chi connectivity index (χ4v) is 5.00. The first kappa shape index (κ1) is 11.1. The summed E-state index contributed by atoms with van der Waals surface area (Å²) in [5.41, 5.74) is -0.310. The van der Waals surface area contributed by atoms with Gasteiger partial charge in [-0.15, -0.1) is 0 Å². The van der Waals surface area contributed by atoms with Crippen LogP contribution in [0.2, 0.25) is 0 Å². The van der Waals surface area contributed by atoms with E-state index >= 15 is 0 Å². The standard InChI is InChI=1S/C14H20N2O/c1-4-11(17)16-9-12(2)10-5-6-13(12,3)14(16,7-10)8-15/h10H,4-7,9H2,1-3H3/t10-,12-,13-,14+/m0/s1. The minimum Gasteiger partial charge on any atom is -0.323 e. The number of hydrogen-bond acceptors (Lipinski definition) is 2. The molecule has 1 heterocycles. The van der Waals surface area contributed by atoms with E-state index in [1.54, 1.807) is 0 Å². The molecule has 0 radical (unpaired) electrons. The summed E-state index contributed by atoms with van der Waals surface area (Å²) in [6.07, 6.45) is 3.77. The lowest BCUT2D eigenvalue weighted by atomic mass is 9.66. The molecule has 4 atom stereocenters. The molecule has 0 aromatic heterocycles. The molecule has 0 aromatic carbocycles. The normalized spacial score (nSPS) is 50.7. The highest BCUT2D eigenvalue weighted by atomic mass is 16.2. The number of rotatable bonds is 1. The Bertz CT molecular complexity index is 440. The lowest BCUT2D eigenvalue weighted by molar-refractivity contribution is -0.137. The number of amides is 1. The number of carbonyl (C=O) groups excluding carboxylic acids is 1. The van der Waals surface area contributed by atoms with E-state index in [1.165, 1.54) is 6.42 Å². The first-order valence-corrected chi connectivity index (χ1v) is 6.67. The van der Waals surface area contributed by atoms with E-state index in [4.69, 9.17) is 0 Å². The first-order chi connectivity index (χ1) is 7.95. The predicted octanol–water partition coefficient (Wildman–Crippen LogP) is 2.33. The number of nitrogens with zero attached hydrogens (tertiary/aromatic N) is 2. The van der Waals surface area contributed by atoms with Crippen molar-refractivity contribution in [3.8, 4) is 6.07 Å². The van der Waals surface area contributed by atoms with E-state index in [1.807, 2.05) is 11.8 Å². The Hall–Kier alpha value is -1.04. The zero-order valence-corrected chi connectivity index (χ0v) is 10.9. The van der Waals surface area contributed by atoms with E-state index in [0.29, 0.717) is 12.3 Å². The third-order valence-corrected chi connectivity index (χ3v) is 6.34. The maximum Gasteiger partial charge on any atom is 0.223 e. The molecule has 3 fully saturated rings. The lowest BCUT2D eigenvalue weighted by Gasteiger charge is -2.43. The molecule has 4 bridgehead atoms. The number of piperidine rings is 1. The molecular formula is C14H20N2O. The van der Waals surface area contributed by atoms with Gasteiger partial charge in [0.15, 0.2) is 0 Å². The molecule has 0 aromatic rings. The van der Waals surface area contributed by atoms with Crippen molar-refractivity contribution < 1.29 is 4.79 Å². The predicted molar refractivity (Wildman–Crippen MR) is 63.9 cm³/mol. The van der Waals surface area contributed by atoms with Gasteiger partial charge in [-0.2, -0.15) is 5.26 Å². The van der Waals surface area contributed by atoms with E-state index in [-0.39, 0.29) is 16.7 Å². The van der Waals surface area contributed by atoms with Gasteiger partial charge in [-0.3, -0.25) is 4.79 Å². The second kappa shape index (κ2) is 2.85. The number of nitriles is 1. The Morgan fingerprint density at radius 3 is 2.76 bits per heavy atom. The van der Waals surface area contributed by atoms with Crippen LogP contribution in [0.1, 0.15) is 46.5 Å². The highest BCUT2D eigenvalue weighted by Gasteiger charge is 2.78. The Kier molecular flexibility index (Phi) is 1.86. The minimum atomic E-state index is -0.502. The van der Waals surface area contributed by atoms with Crippen molar-refractivity contribution in [3.05, 3.63) is 0 Å². The Morgan fingerprint density at radius 2 is 2.24 bits per heavy atom. The summed E-state index contributed by atoms with van der Waals surface area (Å²) in [7, 11) is 0. The van der Waals surface area contributed by atoms with Crippen LogP contribution in [0.5, 0.6) is 0 Å². The third kappa shape index (κ3) is 0.863. The zero-order chi connectivity index (χ0) is 12.5. The summed E-state index contributed by atoms with van der Waals surface area (Å²) >= 11 is 0. The molecule has 3 heteroatoms. The van der Waals surface area contributed by atoms with Crippen LogP contribution in [0.4, 0.5) is 0 Å². The Labute approximate surface area is 103 Å². The maximum absolute atomic E-state index is 12.1. The van der Waals surface area contributed by atoms with Crippen molar-refractivity contribution in [3.63, 3.8) is 0 Å². The maximum atomic E-state index is 12.1. The quantitative estimate of drug-likeness (QED) is 0.696. The van der Waals surface area contributed by atoms with Crippen molar-refractivity contribution in [2.75, 3.05) is 6.54 Å². The zero-order valence-electron chi connectivity index (χ0n) is 10.9. The SMILES string of the molecule is CCC(=O)N1C[C@@]2(C)[C@H]3CC[C@]2(C)[C@]1(C#N)C3. The number of hydrogen-bond donors (Lipinski definition) is 0. The molecule has 1 saturated heterocycles. The van der Waals surface area contributed by atoms with Crippen molar-refractivity contribution in [1.82, 2.24) is 4.90 Å². The molecule has 3 nitrogen and oxygen atoms in total. The van der Waals surface area contributed by atoms with Gasteiger partial charge in [-0.1, -0.05) is 20.8 Å². The van der Waals surface area contributed by atoms with Gasteiger partial charge in [0.2, 0.25) is 5.91 Å². The van der Waals surface area contributed by atoms with E-state index in [2.05, 4.69) is 19.9 Å². The molecular weight excluding hydrogens is 212 g/mol. The van der Waals surface area contributed by atoms with Gasteiger partial charge in [0.25, 0.3) is 0 Å². The molecule has 1 aliphatic heterocycles. The van der Waals surface area contributed by atoms with Gasteiger partial charge < -0.3 is 4.90 Å². The van der Waals surface area contributed by atoms with Crippen LogP contribution in [0.25, 0.3) is 0 Å². The number of carbonyl (C=O) groups is 1. The fraction of sp³-hybridized carbons (Fsp3) is 0.857. The second-order valence-electron chi connectivity index (χ2n) is 6.49. The summed E-state index contributed by atoms with van der Waals surface area (Å²) in [5.74, 6) is 0.801. The van der Waals surface area contributed by atoms with E-state index in [9.17, 15) is 10.1 Å². The van der Waals surface area contributed by atoms with Gasteiger partial charge in [-0.25, -0.2) is 0 Å². The summed E-state index contributed by atoms with van der Waals surface area (Å²) < 4.78 is 0. The van der Waals surface area contributed by atoms with Gasteiger partial charge in [0, 0.05) is 18.4 Å². The summed E-state index contributed by atoms with van der Waals surface area (Å²) in [6.45, 7) is 7.23. The van der Waals surface area contributed by atoms with Crippen LogP contribution in [0, 0.1) is 28.1 Å². The molecule has 2 saturated carbocycles. The molecule has 2 aliphatic carbocycles. The van der Waals surface area contributed by atoms with E-state index < -0.39 is 5.54 Å². The molecule has 0 unspecified atom stereocenters. The average Bonchev–Trinajstić information content (AvgIpc) is 2.78. The monoisotopic (exact) mass is 232 g/mol. The average molecular weight is 232 g/mol. The van der Waals surface area contributed by atoms with Crippen LogP contribution >= 0.6 is 0 Å². The fourth-order valence-electron chi connectivity index (χ4n) is 5.00. The minimum absolute atomic E-state index is 0.0181. The summed E-state index contributed by atoms with van der Waals surface area (Å²) in [4.78, 5) is 14.0. The van der Waals surface area contributed by atoms with Crippen molar-refractivity contribution in [2.24, 2.45) is 16.7 Å². The Morgan fingerprint density at radius 1 is 1.53 bits per heavy atom. The second-order valence-corrected chi connectivity index (χ2v) is 6.49. The molecule has 1 amide bonds. The van der Waals surface area contributed by atoms with Crippen LogP contribution in [0.15, 0.2) is 0 Å². The van der Waals surface area contributed by atoms with Gasteiger partial charge in [-0.05, 0) is 30.6 Å². The van der Waals surface area contributed by atoms with Crippen molar-refractivity contribution >= 4 is 5.91 Å². The smallest absolute Gasteiger partial charge is 0.223 e.